The first-order valence-corrected chi connectivity index (χ1v) is 5.37. The van der Waals surface area contributed by atoms with E-state index in [1.54, 1.807) is 13.8 Å². The number of nitrogens with one attached hydrogen (secondary N) is 1. The predicted molar refractivity (Wildman–Crippen MR) is 57.7 cm³/mol. The van der Waals surface area contributed by atoms with Crippen molar-refractivity contribution in [3.05, 3.63) is 0 Å². The van der Waals surface area contributed by atoms with Gasteiger partial charge in [0.25, 0.3) is 5.91 Å². The van der Waals surface area contributed by atoms with Gasteiger partial charge in [-0.25, -0.2) is 0 Å². The normalized spacial score (nSPS) is 26.7. The van der Waals surface area contributed by atoms with E-state index in [9.17, 15) is 4.79 Å². The van der Waals surface area contributed by atoms with Crippen LogP contribution in [0.15, 0.2) is 0 Å². The van der Waals surface area contributed by atoms with Crippen LogP contribution >= 0.6 is 0 Å². The maximum Gasteiger partial charge on any atom is 0.251 e. The first-order chi connectivity index (χ1) is 6.90. The molecule has 1 unspecified atom stereocenters. The summed E-state index contributed by atoms with van der Waals surface area (Å²) in [6, 6.07) is 0. The minimum atomic E-state index is -0.769. The van der Waals surface area contributed by atoms with Crippen molar-refractivity contribution < 1.29 is 14.3 Å². The lowest BCUT2D eigenvalue weighted by Crippen LogP contribution is -2.48. The molecular weight excluding hydrogens is 194 g/mol. The van der Waals surface area contributed by atoms with Crippen molar-refractivity contribution in [1.29, 1.82) is 0 Å². The van der Waals surface area contributed by atoms with Crippen LogP contribution in [0.1, 0.15) is 33.6 Å². The topological polar surface area (TPSA) is 47.6 Å². The maximum absolute atomic E-state index is 11.7. The van der Waals surface area contributed by atoms with Crippen LogP contribution in [0, 0.1) is 0 Å². The average Bonchev–Trinajstić information content (AvgIpc) is 2.62. The van der Waals surface area contributed by atoms with E-state index < -0.39 is 5.60 Å². The first-order valence-electron chi connectivity index (χ1n) is 5.37. The Hall–Kier alpha value is -0.610. The summed E-state index contributed by atoms with van der Waals surface area (Å²) in [6.07, 6.45) is 2.07. The summed E-state index contributed by atoms with van der Waals surface area (Å²) in [4.78, 5) is 11.7. The van der Waals surface area contributed by atoms with Gasteiger partial charge in [0.2, 0.25) is 0 Å². The van der Waals surface area contributed by atoms with Crippen LogP contribution < -0.4 is 5.32 Å². The van der Waals surface area contributed by atoms with Gasteiger partial charge < -0.3 is 14.8 Å². The number of carbonyl (C=O) groups excluding carboxylic acids is 1. The van der Waals surface area contributed by atoms with Crippen LogP contribution in [0.2, 0.25) is 0 Å². The highest BCUT2D eigenvalue weighted by atomic mass is 16.5. The van der Waals surface area contributed by atoms with Crippen LogP contribution in [-0.4, -0.2) is 37.4 Å². The minimum Gasteiger partial charge on any atom is -0.373 e. The van der Waals surface area contributed by atoms with Gasteiger partial charge in [-0.15, -0.1) is 0 Å². The van der Waals surface area contributed by atoms with Gasteiger partial charge >= 0.3 is 0 Å². The van der Waals surface area contributed by atoms with Crippen molar-refractivity contribution in [2.45, 2.75) is 44.8 Å². The van der Waals surface area contributed by atoms with Gasteiger partial charge in [-0.05, 0) is 33.6 Å². The standard InChI is InChI=1S/C11H21NO3/c1-10(2,14-4)9(13)12-8-11(3)6-5-7-15-11/h5-8H2,1-4H3,(H,12,13). The van der Waals surface area contributed by atoms with Gasteiger partial charge in [-0.2, -0.15) is 0 Å². The zero-order valence-corrected chi connectivity index (χ0v) is 10.1. The zero-order chi connectivity index (χ0) is 11.5. The van der Waals surface area contributed by atoms with Gasteiger partial charge in [-0.3, -0.25) is 4.79 Å². The molecule has 1 aliphatic heterocycles. The second kappa shape index (κ2) is 4.49. The molecule has 0 aliphatic carbocycles. The molecule has 1 fully saturated rings. The van der Waals surface area contributed by atoms with Crippen LogP contribution in [0.4, 0.5) is 0 Å². The summed E-state index contributed by atoms with van der Waals surface area (Å²) in [5, 5.41) is 2.87. The van der Waals surface area contributed by atoms with Gasteiger partial charge in [0.15, 0.2) is 0 Å². The number of hydrogen-bond acceptors (Lipinski definition) is 3. The molecule has 1 atom stereocenters. The molecule has 1 aliphatic rings. The van der Waals surface area contributed by atoms with Crippen LogP contribution in [0.3, 0.4) is 0 Å². The smallest absolute Gasteiger partial charge is 0.251 e. The lowest BCUT2D eigenvalue weighted by molar-refractivity contribution is -0.140. The molecule has 1 N–H and O–H groups in total. The summed E-state index contributed by atoms with van der Waals surface area (Å²) in [6.45, 7) is 6.87. The molecule has 4 nitrogen and oxygen atoms in total. The molecule has 1 rings (SSSR count). The van der Waals surface area contributed by atoms with Crippen LogP contribution in [-0.2, 0) is 14.3 Å². The number of hydrogen-bond donors (Lipinski definition) is 1. The van der Waals surface area contributed by atoms with Crippen LogP contribution in [0.25, 0.3) is 0 Å². The first kappa shape index (κ1) is 12.5. The second-order valence-electron chi connectivity index (χ2n) is 4.80. The highest BCUT2D eigenvalue weighted by Gasteiger charge is 2.33. The molecule has 4 heteroatoms. The molecule has 1 heterocycles. The van der Waals surface area contributed by atoms with E-state index in [4.69, 9.17) is 9.47 Å². The van der Waals surface area contributed by atoms with Crippen molar-refractivity contribution in [3.63, 3.8) is 0 Å². The Morgan fingerprint density at radius 2 is 2.27 bits per heavy atom. The second-order valence-corrected chi connectivity index (χ2v) is 4.80. The van der Waals surface area contributed by atoms with E-state index in [1.165, 1.54) is 7.11 Å². The molecule has 0 aromatic rings. The molecule has 88 valence electrons. The molecule has 1 saturated heterocycles. The van der Waals surface area contributed by atoms with Gasteiger partial charge in [-0.1, -0.05) is 0 Å². The van der Waals surface area contributed by atoms with E-state index in [0.29, 0.717) is 6.54 Å². The van der Waals surface area contributed by atoms with Crippen molar-refractivity contribution >= 4 is 5.91 Å². The van der Waals surface area contributed by atoms with E-state index in [0.717, 1.165) is 19.4 Å². The molecule has 0 radical (unpaired) electrons. The number of methoxy groups -OCH3 is 1. The molecular formula is C11H21NO3. The molecule has 0 aromatic carbocycles. The van der Waals surface area contributed by atoms with E-state index in [1.807, 2.05) is 6.92 Å². The Bertz CT molecular complexity index is 232. The minimum absolute atomic E-state index is 0.0956. The lowest BCUT2D eigenvalue weighted by atomic mass is 10.0. The molecule has 15 heavy (non-hydrogen) atoms. The Balaban J connectivity index is 2.40. The number of ether oxygens (including phenoxy) is 2. The average molecular weight is 215 g/mol. The fourth-order valence-corrected chi connectivity index (χ4v) is 1.55. The lowest BCUT2D eigenvalue weighted by Gasteiger charge is -2.27. The molecule has 0 spiro atoms. The molecule has 0 aromatic heterocycles. The molecule has 0 saturated carbocycles. The highest BCUT2D eigenvalue weighted by Crippen LogP contribution is 2.24. The Kier molecular flexibility index (Phi) is 3.73. The largest absolute Gasteiger partial charge is 0.373 e. The highest BCUT2D eigenvalue weighted by molar-refractivity contribution is 5.84. The summed E-state index contributed by atoms with van der Waals surface area (Å²) in [5.74, 6) is -0.0956. The maximum atomic E-state index is 11.7. The van der Waals surface area contributed by atoms with E-state index >= 15 is 0 Å². The SMILES string of the molecule is COC(C)(C)C(=O)NCC1(C)CCCO1. The Labute approximate surface area is 91.3 Å². The number of amides is 1. The van der Waals surface area contributed by atoms with Crippen molar-refractivity contribution in [3.8, 4) is 0 Å². The molecule has 1 amide bonds. The quantitative estimate of drug-likeness (QED) is 0.764. The third kappa shape index (κ3) is 3.18. The van der Waals surface area contributed by atoms with Crippen molar-refractivity contribution in [2.24, 2.45) is 0 Å². The monoisotopic (exact) mass is 215 g/mol. The van der Waals surface area contributed by atoms with Gasteiger partial charge in [0.1, 0.15) is 5.60 Å². The fraction of sp³-hybridized carbons (Fsp3) is 0.909. The summed E-state index contributed by atoms with van der Waals surface area (Å²) >= 11 is 0. The summed E-state index contributed by atoms with van der Waals surface area (Å²) in [5.41, 5.74) is -0.964. The van der Waals surface area contributed by atoms with Crippen molar-refractivity contribution in [1.82, 2.24) is 5.32 Å². The van der Waals surface area contributed by atoms with E-state index in [-0.39, 0.29) is 11.5 Å². The number of rotatable bonds is 4. The Morgan fingerprint density at radius 1 is 1.60 bits per heavy atom. The van der Waals surface area contributed by atoms with Crippen molar-refractivity contribution in [2.75, 3.05) is 20.3 Å². The van der Waals surface area contributed by atoms with Gasteiger partial charge in [0, 0.05) is 20.3 Å². The summed E-state index contributed by atoms with van der Waals surface area (Å²) in [7, 11) is 1.54. The zero-order valence-electron chi connectivity index (χ0n) is 10.1. The third-order valence-corrected chi connectivity index (χ3v) is 2.98. The van der Waals surface area contributed by atoms with Crippen LogP contribution in [0.5, 0.6) is 0 Å². The third-order valence-electron chi connectivity index (χ3n) is 2.98. The molecule has 0 bridgehead atoms. The number of carbonyl (C=O) groups is 1. The van der Waals surface area contributed by atoms with Gasteiger partial charge in [0.05, 0.1) is 5.60 Å². The Morgan fingerprint density at radius 3 is 2.73 bits per heavy atom. The fourth-order valence-electron chi connectivity index (χ4n) is 1.55. The predicted octanol–water partition coefficient (Wildman–Crippen LogP) is 1.10. The summed E-state index contributed by atoms with van der Waals surface area (Å²) < 4.78 is 10.7. The van der Waals surface area contributed by atoms with E-state index in [2.05, 4.69) is 5.32 Å².